The molecule has 0 saturated heterocycles. The first-order chi connectivity index (χ1) is 10.1. The average Bonchev–Trinajstić information content (AvgIpc) is 2.44. The number of nitrogens with one attached hydrogen (secondary N) is 1. The van der Waals surface area contributed by atoms with Crippen LogP contribution in [0, 0.1) is 27.2 Å². The maximum absolute atomic E-state index is 11.3. The van der Waals surface area contributed by atoms with E-state index in [-0.39, 0.29) is 27.2 Å². The molecule has 0 heterocycles. The Morgan fingerprint density at radius 2 is 1.91 bits per heavy atom. The third-order valence-electron chi connectivity index (χ3n) is 3.43. The van der Waals surface area contributed by atoms with Crippen LogP contribution in [0.25, 0.3) is 0 Å². The van der Waals surface area contributed by atoms with Crippen LogP contribution in [0.3, 0.4) is 0 Å². The molecular formula is C13H19N3O5S. The van der Waals surface area contributed by atoms with Crippen molar-refractivity contribution >= 4 is 28.8 Å². The standard InChI is InChI=1S/C13H19N3O5S/c1-8-9(6-17)5-10(15(18)19)11(12(8)16(20)21)14-7-13(2,3)22-4/h5,14,17H,6-7H2,1-4H3. The topological polar surface area (TPSA) is 119 Å². The number of aliphatic hydroxyl groups is 1. The molecule has 0 saturated carbocycles. The normalized spacial score (nSPS) is 11.3. The fourth-order valence-electron chi connectivity index (χ4n) is 1.89. The van der Waals surface area contributed by atoms with Crippen molar-refractivity contribution in [1.29, 1.82) is 0 Å². The average molecular weight is 329 g/mol. The Morgan fingerprint density at radius 3 is 2.32 bits per heavy atom. The summed E-state index contributed by atoms with van der Waals surface area (Å²) in [6.07, 6.45) is 1.89. The number of aliphatic hydroxyl groups excluding tert-OH is 1. The van der Waals surface area contributed by atoms with Gasteiger partial charge in [-0.2, -0.15) is 11.8 Å². The minimum atomic E-state index is -0.681. The molecule has 1 aromatic carbocycles. The van der Waals surface area contributed by atoms with Crippen molar-refractivity contribution < 1.29 is 15.0 Å². The lowest BCUT2D eigenvalue weighted by atomic mass is 10.0. The van der Waals surface area contributed by atoms with Gasteiger partial charge in [0.1, 0.15) is 0 Å². The molecule has 0 aromatic heterocycles. The molecule has 1 aromatic rings. The zero-order valence-electron chi connectivity index (χ0n) is 12.9. The molecule has 0 unspecified atom stereocenters. The van der Waals surface area contributed by atoms with Gasteiger partial charge in [0.15, 0.2) is 5.69 Å². The first-order valence-corrected chi connectivity index (χ1v) is 7.72. The number of hydrogen-bond donors (Lipinski definition) is 2. The van der Waals surface area contributed by atoms with E-state index < -0.39 is 22.1 Å². The van der Waals surface area contributed by atoms with Crippen molar-refractivity contribution in [1.82, 2.24) is 0 Å². The third kappa shape index (κ3) is 3.86. The second-order valence-corrected chi connectivity index (χ2v) is 6.91. The van der Waals surface area contributed by atoms with Crippen LogP contribution in [0.1, 0.15) is 25.0 Å². The lowest BCUT2D eigenvalue weighted by Gasteiger charge is -2.23. The molecule has 0 amide bonds. The molecule has 2 N–H and O–H groups in total. The number of nitrogens with zero attached hydrogens (tertiary/aromatic N) is 2. The van der Waals surface area contributed by atoms with Crippen molar-refractivity contribution in [2.75, 3.05) is 18.1 Å². The summed E-state index contributed by atoms with van der Waals surface area (Å²) in [5, 5.41) is 34.7. The van der Waals surface area contributed by atoms with E-state index >= 15 is 0 Å². The first kappa shape index (κ1) is 18.2. The molecule has 8 nitrogen and oxygen atoms in total. The van der Waals surface area contributed by atoms with E-state index in [9.17, 15) is 25.3 Å². The van der Waals surface area contributed by atoms with Crippen molar-refractivity contribution in [2.24, 2.45) is 0 Å². The summed E-state index contributed by atoms with van der Waals surface area (Å²) >= 11 is 1.54. The van der Waals surface area contributed by atoms with Gasteiger partial charge < -0.3 is 10.4 Å². The summed E-state index contributed by atoms with van der Waals surface area (Å²) in [5.41, 5.74) is -0.490. The number of rotatable bonds is 7. The molecule has 122 valence electrons. The van der Waals surface area contributed by atoms with E-state index in [2.05, 4.69) is 5.32 Å². The van der Waals surface area contributed by atoms with E-state index in [0.717, 1.165) is 0 Å². The van der Waals surface area contributed by atoms with Gasteiger partial charge in [-0.05, 0) is 32.6 Å². The second-order valence-electron chi connectivity index (χ2n) is 5.39. The third-order valence-corrected chi connectivity index (χ3v) is 4.68. The molecule has 0 aliphatic rings. The SMILES string of the molecule is CSC(C)(C)CNc1c([N+](=O)[O-])cc(CO)c(C)c1[N+](=O)[O-]. The summed E-state index contributed by atoms with van der Waals surface area (Å²) in [4.78, 5) is 21.2. The van der Waals surface area contributed by atoms with Crippen LogP contribution in [0.4, 0.5) is 17.1 Å². The van der Waals surface area contributed by atoms with Crippen LogP contribution in [-0.2, 0) is 6.61 Å². The molecule has 9 heteroatoms. The van der Waals surface area contributed by atoms with E-state index in [1.54, 1.807) is 11.8 Å². The first-order valence-electron chi connectivity index (χ1n) is 6.49. The molecule has 0 fully saturated rings. The van der Waals surface area contributed by atoms with Gasteiger partial charge >= 0.3 is 5.69 Å². The maximum Gasteiger partial charge on any atom is 0.302 e. The molecule has 0 bridgehead atoms. The molecule has 0 atom stereocenters. The van der Waals surface area contributed by atoms with Crippen LogP contribution in [0.2, 0.25) is 0 Å². The van der Waals surface area contributed by atoms with Crippen LogP contribution in [0.15, 0.2) is 6.07 Å². The number of nitro benzene ring substituents is 2. The summed E-state index contributed by atoms with van der Waals surface area (Å²) in [5.74, 6) is 0. The van der Waals surface area contributed by atoms with Crippen LogP contribution < -0.4 is 5.32 Å². The lowest BCUT2D eigenvalue weighted by molar-refractivity contribution is -0.392. The van der Waals surface area contributed by atoms with Crippen LogP contribution in [-0.4, -0.2) is 32.5 Å². The minimum absolute atomic E-state index is 0.119. The maximum atomic E-state index is 11.3. The summed E-state index contributed by atoms with van der Waals surface area (Å²) < 4.78 is -0.245. The molecular weight excluding hydrogens is 310 g/mol. The fraction of sp³-hybridized carbons (Fsp3) is 0.538. The largest absolute Gasteiger partial charge is 0.392 e. The Balaban J connectivity index is 3.48. The number of hydrogen-bond acceptors (Lipinski definition) is 7. The van der Waals surface area contributed by atoms with Crippen molar-refractivity contribution in [3.8, 4) is 0 Å². The highest BCUT2D eigenvalue weighted by Gasteiger charge is 2.31. The molecule has 0 radical (unpaired) electrons. The Hall–Kier alpha value is -1.87. The Labute approximate surface area is 132 Å². The minimum Gasteiger partial charge on any atom is -0.392 e. The lowest BCUT2D eigenvalue weighted by Crippen LogP contribution is -2.26. The predicted molar refractivity (Wildman–Crippen MR) is 86.5 cm³/mol. The molecule has 22 heavy (non-hydrogen) atoms. The van der Waals surface area contributed by atoms with Crippen LogP contribution in [0.5, 0.6) is 0 Å². The smallest absolute Gasteiger partial charge is 0.302 e. The predicted octanol–water partition coefficient (Wildman–Crippen LogP) is 2.86. The summed E-state index contributed by atoms with van der Waals surface area (Å²) in [6.45, 7) is 5.16. The summed E-state index contributed by atoms with van der Waals surface area (Å²) in [7, 11) is 0. The van der Waals surface area contributed by atoms with Crippen molar-refractivity contribution in [3.05, 3.63) is 37.4 Å². The van der Waals surface area contributed by atoms with Gasteiger partial charge in [0.2, 0.25) is 0 Å². The van der Waals surface area contributed by atoms with Gasteiger partial charge in [0.05, 0.1) is 16.5 Å². The molecule has 0 spiro atoms. The molecule has 1 rings (SSSR count). The Bertz CT molecular complexity index is 604. The fourth-order valence-corrected chi connectivity index (χ4v) is 2.11. The van der Waals surface area contributed by atoms with E-state index in [4.69, 9.17) is 0 Å². The molecule has 0 aliphatic heterocycles. The number of thioether (sulfide) groups is 1. The summed E-state index contributed by atoms with van der Waals surface area (Å²) in [6, 6.07) is 1.18. The van der Waals surface area contributed by atoms with Gasteiger partial charge in [0, 0.05) is 22.9 Å². The van der Waals surface area contributed by atoms with E-state index in [1.807, 2.05) is 20.1 Å². The highest BCUT2D eigenvalue weighted by atomic mass is 32.2. The van der Waals surface area contributed by atoms with E-state index in [0.29, 0.717) is 6.54 Å². The van der Waals surface area contributed by atoms with Crippen molar-refractivity contribution in [2.45, 2.75) is 32.1 Å². The number of anilines is 1. The van der Waals surface area contributed by atoms with Gasteiger partial charge in [0.25, 0.3) is 5.69 Å². The highest BCUT2D eigenvalue weighted by molar-refractivity contribution is 7.99. The van der Waals surface area contributed by atoms with Gasteiger partial charge in [-0.15, -0.1) is 0 Å². The number of nitro groups is 2. The van der Waals surface area contributed by atoms with Gasteiger partial charge in [-0.3, -0.25) is 20.2 Å². The van der Waals surface area contributed by atoms with Gasteiger partial charge in [-0.25, -0.2) is 0 Å². The molecule has 0 aliphatic carbocycles. The Morgan fingerprint density at radius 1 is 1.32 bits per heavy atom. The van der Waals surface area contributed by atoms with Crippen LogP contribution >= 0.6 is 11.8 Å². The highest BCUT2D eigenvalue weighted by Crippen LogP contribution is 2.39. The number of benzene rings is 1. The second kappa shape index (κ2) is 6.93. The monoisotopic (exact) mass is 329 g/mol. The zero-order valence-corrected chi connectivity index (χ0v) is 13.7. The van der Waals surface area contributed by atoms with Crippen molar-refractivity contribution in [3.63, 3.8) is 0 Å². The Kier molecular flexibility index (Phi) is 5.72. The van der Waals surface area contributed by atoms with Gasteiger partial charge in [-0.1, -0.05) is 0 Å². The van der Waals surface area contributed by atoms with E-state index in [1.165, 1.54) is 13.0 Å². The zero-order chi connectivity index (χ0) is 17.1. The quantitative estimate of drug-likeness (QED) is 0.583.